The minimum Gasteiger partial charge on any atom is -0.381 e. The lowest BCUT2D eigenvalue weighted by atomic mass is 9.82. The van der Waals surface area contributed by atoms with Gasteiger partial charge in [-0.15, -0.1) is 0 Å². The third-order valence-electron chi connectivity index (χ3n) is 3.68. The van der Waals surface area contributed by atoms with Crippen LogP contribution in [0.3, 0.4) is 0 Å². The molecule has 102 valence electrons. The maximum Gasteiger partial charge on any atom is 0.0530 e. The second kappa shape index (κ2) is 8.39. The average Bonchev–Trinajstić information content (AvgIpc) is 2.82. The Labute approximate surface area is 112 Å². The first-order valence-electron chi connectivity index (χ1n) is 7.02. The quantitative estimate of drug-likeness (QED) is 0.639. The molecule has 0 aliphatic carbocycles. The summed E-state index contributed by atoms with van der Waals surface area (Å²) < 4.78 is 11.3. The third-order valence-corrected chi connectivity index (χ3v) is 4.35. The highest BCUT2D eigenvalue weighted by molar-refractivity contribution is 7.80. The molecule has 0 spiro atoms. The number of thiol groups is 1. The molecule has 1 heterocycles. The van der Waals surface area contributed by atoms with Crippen LogP contribution in [-0.2, 0) is 9.47 Å². The van der Waals surface area contributed by atoms with Crippen LogP contribution in [0.2, 0.25) is 0 Å². The van der Waals surface area contributed by atoms with E-state index in [0.29, 0.717) is 11.3 Å². The molecule has 0 saturated carbocycles. The van der Waals surface area contributed by atoms with Crippen LogP contribution in [0.4, 0.5) is 0 Å². The van der Waals surface area contributed by atoms with Crippen molar-refractivity contribution in [1.29, 1.82) is 0 Å². The van der Waals surface area contributed by atoms with E-state index in [9.17, 15) is 0 Å². The SMILES string of the molecule is CCCC(CS)(CCC)COCC1CCOC1. The van der Waals surface area contributed by atoms with Crippen molar-refractivity contribution in [2.24, 2.45) is 11.3 Å². The summed E-state index contributed by atoms with van der Waals surface area (Å²) in [5, 5.41) is 0. The van der Waals surface area contributed by atoms with Gasteiger partial charge in [0.1, 0.15) is 0 Å². The van der Waals surface area contributed by atoms with Gasteiger partial charge in [0, 0.05) is 17.9 Å². The Hall–Kier alpha value is 0.270. The normalized spacial score (nSPS) is 21.0. The van der Waals surface area contributed by atoms with Gasteiger partial charge in [-0.05, 0) is 25.0 Å². The minimum atomic E-state index is 0.298. The maximum atomic E-state index is 5.95. The van der Waals surface area contributed by atoms with Gasteiger partial charge in [0.2, 0.25) is 0 Å². The standard InChI is InChI=1S/C14H28O2S/c1-3-6-14(12-17,7-4-2)11-16-10-13-5-8-15-9-13/h13,17H,3-12H2,1-2H3. The van der Waals surface area contributed by atoms with E-state index >= 15 is 0 Å². The number of hydrogen-bond donors (Lipinski definition) is 1. The van der Waals surface area contributed by atoms with Gasteiger partial charge < -0.3 is 9.47 Å². The highest BCUT2D eigenvalue weighted by Gasteiger charge is 2.27. The summed E-state index contributed by atoms with van der Waals surface area (Å²) in [4.78, 5) is 0. The molecule has 1 fully saturated rings. The fraction of sp³-hybridized carbons (Fsp3) is 1.00. The van der Waals surface area contributed by atoms with Crippen LogP contribution >= 0.6 is 12.6 Å². The Balaban J connectivity index is 2.30. The van der Waals surface area contributed by atoms with Crippen molar-refractivity contribution in [2.45, 2.75) is 46.0 Å². The van der Waals surface area contributed by atoms with Crippen molar-refractivity contribution in [3.8, 4) is 0 Å². The lowest BCUT2D eigenvalue weighted by molar-refractivity contribution is 0.0237. The number of ether oxygens (including phenoxy) is 2. The molecule has 0 bridgehead atoms. The van der Waals surface area contributed by atoms with Crippen LogP contribution in [-0.4, -0.2) is 32.2 Å². The molecular weight excluding hydrogens is 232 g/mol. The molecule has 1 aliphatic rings. The first kappa shape index (κ1) is 15.3. The zero-order chi connectivity index (χ0) is 12.6. The van der Waals surface area contributed by atoms with Gasteiger partial charge in [-0.1, -0.05) is 26.7 Å². The lowest BCUT2D eigenvalue weighted by Gasteiger charge is -2.32. The van der Waals surface area contributed by atoms with Gasteiger partial charge in [0.05, 0.1) is 19.8 Å². The molecule has 0 radical (unpaired) electrons. The largest absolute Gasteiger partial charge is 0.381 e. The number of hydrogen-bond acceptors (Lipinski definition) is 3. The Morgan fingerprint density at radius 2 is 2.00 bits per heavy atom. The molecule has 17 heavy (non-hydrogen) atoms. The average molecular weight is 260 g/mol. The molecule has 1 rings (SSSR count). The van der Waals surface area contributed by atoms with Gasteiger partial charge in [-0.2, -0.15) is 12.6 Å². The summed E-state index contributed by atoms with van der Waals surface area (Å²) >= 11 is 4.55. The first-order chi connectivity index (χ1) is 8.26. The van der Waals surface area contributed by atoms with E-state index in [4.69, 9.17) is 9.47 Å². The van der Waals surface area contributed by atoms with Crippen LogP contribution in [0.5, 0.6) is 0 Å². The fourth-order valence-electron chi connectivity index (χ4n) is 2.69. The van der Waals surface area contributed by atoms with Crippen LogP contribution in [0.1, 0.15) is 46.0 Å². The highest BCUT2D eigenvalue weighted by atomic mass is 32.1. The zero-order valence-electron chi connectivity index (χ0n) is 11.4. The van der Waals surface area contributed by atoms with Gasteiger partial charge in [0.25, 0.3) is 0 Å². The molecule has 0 amide bonds. The molecule has 0 aromatic carbocycles. The van der Waals surface area contributed by atoms with Crippen LogP contribution in [0.25, 0.3) is 0 Å². The second-order valence-corrected chi connectivity index (χ2v) is 5.72. The predicted molar refractivity (Wildman–Crippen MR) is 75.8 cm³/mol. The first-order valence-corrected chi connectivity index (χ1v) is 7.66. The van der Waals surface area contributed by atoms with Crippen molar-refractivity contribution in [3.05, 3.63) is 0 Å². The Bertz CT molecular complexity index is 185. The van der Waals surface area contributed by atoms with E-state index in [1.165, 1.54) is 25.7 Å². The van der Waals surface area contributed by atoms with E-state index in [2.05, 4.69) is 26.5 Å². The van der Waals surface area contributed by atoms with Crippen molar-refractivity contribution < 1.29 is 9.47 Å². The molecule has 1 saturated heterocycles. The topological polar surface area (TPSA) is 18.5 Å². The molecule has 1 unspecified atom stereocenters. The Morgan fingerprint density at radius 1 is 1.29 bits per heavy atom. The molecule has 1 aliphatic heterocycles. The van der Waals surface area contributed by atoms with Gasteiger partial charge in [-0.25, -0.2) is 0 Å². The van der Waals surface area contributed by atoms with Crippen molar-refractivity contribution >= 4 is 12.6 Å². The van der Waals surface area contributed by atoms with E-state index in [1.54, 1.807) is 0 Å². The van der Waals surface area contributed by atoms with E-state index in [1.807, 2.05) is 0 Å². The summed E-state index contributed by atoms with van der Waals surface area (Å²) in [5.41, 5.74) is 0.298. The van der Waals surface area contributed by atoms with Gasteiger partial charge >= 0.3 is 0 Å². The smallest absolute Gasteiger partial charge is 0.0530 e. The second-order valence-electron chi connectivity index (χ2n) is 5.40. The molecule has 3 heteroatoms. The molecule has 0 aromatic heterocycles. The van der Waals surface area contributed by atoms with Crippen LogP contribution in [0.15, 0.2) is 0 Å². The summed E-state index contributed by atoms with van der Waals surface area (Å²) in [5.74, 6) is 1.56. The minimum absolute atomic E-state index is 0.298. The monoisotopic (exact) mass is 260 g/mol. The molecule has 1 atom stereocenters. The Morgan fingerprint density at radius 3 is 2.47 bits per heavy atom. The van der Waals surface area contributed by atoms with E-state index in [0.717, 1.165) is 38.6 Å². The van der Waals surface area contributed by atoms with Crippen molar-refractivity contribution in [3.63, 3.8) is 0 Å². The summed E-state index contributed by atoms with van der Waals surface area (Å²) in [6.07, 6.45) is 6.05. The molecular formula is C14H28O2S. The summed E-state index contributed by atoms with van der Waals surface area (Å²) in [6.45, 7) is 8.03. The fourth-order valence-corrected chi connectivity index (χ4v) is 3.10. The Kier molecular flexibility index (Phi) is 7.56. The van der Waals surface area contributed by atoms with Crippen LogP contribution < -0.4 is 0 Å². The summed E-state index contributed by atoms with van der Waals surface area (Å²) in [6, 6.07) is 0. The van der Waals surface area contributed by atoms with Crippen molar-refractivity contribution in [2.75, 3.05) is 32.2 Å². The van der Waals surface area contributed by atoms with Gasteiger partial charge in [0.15, 0.2) is 0 Å². The van der Waals surface area contributed by atoms with Crippen molar-refractivity contribution in [1.82, 2.24) is 0 Å². The van der Waals surface area contributed by atoms with Gasteiger partial charge in [-0.3, -0.25) is 0 Å². The van der Waals surface area contributed by atoms with E-state index < -0.39 is 0 Å². The summed E-state index contributed by atoms with van der Waals surface area (Å²) in [7, 11) is 0. The molecule has 0 aromatic rings. The zero-order valence-corrected chi connectivity index (χ0v) is 12.3. The lowest BCUT2D eigenvalue weighted by Crippen LogP contribution is -2.30. The van der Waals surface area contributed by atoms with Crippen LogP contribution in [0, 0.1) is 11.3 Å². The third kappa shape index (κ3) is 5.19. The maximum absolute atomic E-state index is 5.95. The highest BCUT2D eigenvalue weighted by Crippen LogP contribution is 2.32. The molecule has 0 N–H and O–H groups in total. The predicted octanol–water partition coefficient (Wildman–Crippen LogP) is 3.56. The number of rotatable bonds is 9. The van der Waals surface area contributed by atoms with E-state index in [-0.39, 0.29) is 0 Å². The molecule has 2 nitrogen and oxygen atoms in total.